The Balaban J connectivity index is 0.00000243. The fraction of sp³-hybridized carbons (Fsp3) is 0.316. The Morgan fingerprint density at radius 2 is 1.92 bits per heavy atom. The summed E-state index contributed by atoms with van der Waals surface area (Å²) in [4.78, 5) is 13.2. The maximum atomic E-state index is 12.1. The van der Waals surface area contributed by atoms with Crippen LogP contribution in [0.5, 0.6) is 11.5 Å². The lowest BCUT2D eigenvalue weighted by molar-refractivity contribution is -0.115. The van der Waals surface area contributed by atoms with Crippen molar-refractivity contribution in [3.05, 3.63) is 42.0 Å². The number of nitrogens with one attached hydrogen (secondary N) is 1. The number of hydrogen-bond donors (Lipinski definition) is 2. The zero-order chi connectivity index (χ0) is 17.6. The van der Waals surface area contributed by atoms with Crippen molar-refractivity contribution in [3.63, 3.8) is 0 Å². The monoisotopic (exact) mass is 394 g/mol. The van der Waals surface area contributed by atoms with E-state index in [1.165, 1.54) is 0 Å². The molecule has 0 fully saturated rings. The number of carbonyl (C=O) groups is 1. The largest absolute Gasteiger partial charge is 0.490 e. The third-order valence-corrected chi connectivity index (χ3v) is 4.85. The van der Waals surface area contributed by atoms with Crippen LogP contribution in [0, 0.1) is 6.92 Å². The molecule has 0 aliphatic carbocycles. The van der Waals surface area contributed by atoms with Crippen molar-refractivity contribution in [2.24, 2.45) is 0 Å². The van der Waals surface area contributed by atoms with E-state index in [0.29, 0.717) is 31.1 Å². The molecule has 1 aliphatic heterocycles. The van der Waals surface area contributed by atoms with Crippen LogP contribution in [0.4, 0.5) is 11.4 Å². The molecular weight excluding hydrogens is 372 g/mol. The Morgan fingerprint density at radius 1 is 1.15 bits per heavy atom. The molecule has 7 heteroatoms. The summed E-state index contributed by atoms with van der Waals surface area (Å²) in [5, 5.41) is 2.92. The average molecular weight is 395 g/mol. The summed E-state index contributed by atoms with van der Waals surface area (Å²) in [7, 11) is 0. The van der Waals surface area contributed by atoms with Crippen LogP contribution in [0.2, 0.25) is 0 Å². The number of aryl methyl sites for hydroxylation is 1. The number of nitrogen functional groups attached to an aromatic ring is 1. The van der Waals surface area contributed by atoms with Gasteiger partial charge in [0.25, 0.3) is 0 Å². The second-order valence-corrected chi connectivity index (χ2v) is 7.05. The summed E-state index contributed by atoms with van der Waals surface area (Å²) in [6, 6.07) is 11.4. The van der Waals surface area contributed by atoms with Crippen LogP contribution in [0.15, 0.2) is 41.3 Å². The first-order valence-corrected chi connectivity index (χ1v) is 9.29. The standard InChI is InChI=1S/C19H22N2O3S.ClH/c1-13-3-4-14(20)11-16(13)21-19(22)7-10-25-15-5-6-17-18(12-15)24-9-2-8-23-17;/h3-6,11-12H,2,7-10,20H2,1H3,(H,21,22);1H. The maximum absolute atomic E-state index is 12.1. The number of thioether (sulfide) groups is 1. The summed E-state index contributed by atoms with van der Waals surface area (Å²) in [6.07, 6.45) is 1.31. The molecule has 26 heavy (non-hydrogen) atoms. The fourth-order valence-corrected chi connectivity index (χ4v) is 3.36. The predicted molar refractivity (Wildman–Crippen MR) is 109 cm³/mol. The molecule has 0 aromatic heterocycles. The Labute approximate surface area is 164 Å². The second kappa shape index (κ2) is 9.59. The van der Waals surface area contributed by atoms with Gasteiger partial charge >= 0.3 is 0 Å². The zero-order valence-corrected chi connectivity index (χ0v) is 16.3. The van der Waals surface area contributed by atoms with Crippen molar-refractivity contribution < 1.29 is 14.3 Å². The van der Waals surface area contributed by atoms with Gasteiger partial charge in [-0.15, -0.1) is 24.2 Å². The molecule has 1 heterocycles. The van der Waals surface area contributed by atoms with Gasteiger partial charge in [0.2, 0.25) is 5.91 Å². The molecule has 0 saturated heterocycles. The van der Waals surface area contributed by atoms with Crippen LogP contribution >= 0.6 is 24.2 Å². The topological polar surface area (TPSA) is 73.6 Å². The Bertz CT molecular complexity index is 770. The van der Waals surface area contributed by atoms with E-state index in [-0.39, 0.29) is 18.3 Å². The van der Waals surface area contributed by atoms with Gasteiger partial charge in [-0.1, -0.05) is 6.07 Å². The molecule has 1 amide bonds. The number of rotatable bonds is 5. The van der Waals surface area contributed by atoms with E-state index in [1.807, 2.05) is 37.3 Å². The third kappa shape index (κ3) is 5.47. The summed E-state index contributed by atoms with van der Waals surface area (Å²) in [5.74, 6) is 2.24. The molecule has 0 atom stereocenters. The van der Waals surface area contributed by atoms with Gasteiger partial charge < -0.3 is 20.5 Å². The number of anilines is 2. The van der Waals surface area contributed by atoms with E-state index in [1.54, 1.807) is 17.8 Å². The lowest BCUT2D eigenvalue weighted by atomic mass is 10.2. The van der Waals surface area contributed by atoms with Crippen molar-refractivity contribution in [1.29, 1.82) is 0 Å². The van der Waals surface area contributed by atoms with Crippen LogP contribution in [-0.2, 0) is 4.79 Å². The normalized spacial score (nSPS) is 12.7. The SMILES string of the molecule is Cc1ccc(N)cc1NC(=O)CCSc1ccc2c(c1)OCCCO2.Cl. The van der Waals surface area contributed by atoms with Gasteiger partial charge in [0.05, 0.1) is 13.2 Å². The highest BCUT2D eigenvalue weighted by Gasteiger charge is 2.11. The molecule has 3 rings (SSSR count). The Morgan fingerprint density at radius 3 is 2.73 bits per heavy atom. The number of nitrogens with two attached hydrogens (primary N) is 1. The molecular formula is C19H23ClN2O3S. The van der Waals surface area contributed by atoms with E-state index in [2.05, 4.69) is 5.32 Å². The number of ether oxygens (including phenoxy) is 2. The maximum Gasteiger partial charge on any atom is 0.225 e. The number of fused-ring (bicyclic) bond motifs is 1. The van der Waals surface area contributed by atoms with Crippen molar-refractivity contribution in [2.75, 3.05) is 30.0 Å². The molecule has 2 aromatic carbocycles. The summed E-state index contributed by atoms with van der Waals surface area (Å²) >= 11 is 1.63. The highest BCUT2D eigenvalue weighted by atomic mass is 35.5. The molecule has 3 N–H and O–H groups in total. The molecule has 140 valence electrons. The number of halogens is 1. The van der Waals surface area contributed by atoms with Gasteiger partial charge in [0.1, 0.15) is 0 Å². The first-order valence-electron chi connectivity index (χ1n) is 8.30. The van der Waals surface area contributed by atoms with Crippen LogP contribution in [0.3, 0.4) is 0 Å². The minimum atomic E-state index is -0.0180. The van der Waals surface area contributed by atoms with Crippen LogP contribution in [0.25, 0.3) is 0 Å². The molecule has 0 bridgehead atoms. The second-order valence-electron chi connectivity index (χ2n) is 5.88. The average Bonchev–Trinajstić information content (AvgIpc) is 2.83. The number of hydrogen-bond acceptors (Lipinski definition) is 5. The van der Waals surface area contributed by atoms with Crippen LogP contribution in [0.1, 0.15) is 18.4 Å². The van der Waals surface area contributed by atoms with Gasteiger partial charge in [0, 0.05) is 34.9 Å². The Kier molecular flexibility index (Phi) is 7.48. The summed E-state index contributed by atoms with van der Waals surface area (Å²) in [6.45, 7) is 3.30. The van der Waals surface area contributed by atoms with E-state index < -0.39 is 0 Å². The van der Waals surface area contributed by atoms with E-state index in [0.717, 1.165) is 34.1 Å². The molecule has 0 radical (unpaired) electrons. The van der Waals surface area contributed by atoms with Gasteiger partial charge in [-0.3, -0.25) is 4.79 Å². The molecule has 5 nitrogen and oxygen atoms in total. The van der Waals surface area contributed by atoms with Crippen molar-refractivity contribution in [2.45, 2.75) is 24.7 Å². The summed E-state index contributed by atoms with van der Waals surface area (Å²) < 4.78 is 11.3. The van der Waals surface area contributed by atoms with Gasteiger partial charge in [-0.2, -0.15) is 0 Å². The molecule has 0 saturated carbocycles. The van der Waals surface area contributed by atoms with E-state index >= 15 is 0 Å². The van der Waals surface area contributed by atoms with Gasteiger partial charge in [-0.05, 0) is 42.8 Å². The lowest BCUT2D eigenvalue weighted by Crippen LogP contribution is -2.13. The fourth-order valence-electron chi connectivity index (χ4n) is 2.48. The summed E-state index contributed by atoms with van der Waals surface area (Å²) in [5.41, 5.74) is 8.18. The molecule has 2 aromatic rings. The van der Waals surface area contributed by atoms with Crippen molar-refractivity contribution >= 4 is 41.5 Å². The molecule has 0 unspecified atom stereocenters. The lowest BCUT2D eigenvalue weighted by Gasteiger charge is -2.10. The number of benzene rings is 2. The quantitative estimate of drug-likeness (QED) is 0.584. The first kappa shape index (κ1) is 20.3. The van der Waals surface area contributed by atoms with Gasteiger partial charge in [-0.25, -0.2) is 0 Å². The minimum Gasteiger partial charge on any atom is -0.490 e. The smallest absolute Gasteiger partial charge is 0.225 e. The molecule has 0 spiro atoms. The van der Waals surface area contributed by atoms with Crippen molar-refractivity contribution in [3.8, 4) is 11.5 Å². The molecule has 1 aliphatic rings. The van der Waals surface area contributed by atoms with E-state index in [4.69, 9.17) is 15.2 Å². The highest BCUT2D eigenvalue weighted by molar-refractivity contribution is 7.99. The number of carbonyl (C=O) groups excluding carboxylic acids is 1. The minimum absolute atomic E-state index is 0. The van der Waals surface area contributed by atoms with Gasteiger partial charge in [0.15, 0.2) is 11.5 Å². The predicted octanol–water partition coefficient (Wildman–Crippen LogP) is 4.28. The van der Waals surface area contributed by atoms with Crippen LogP contribution < -0.4 is 20.5 Å². The van der Waals surface area contributed by atoms with E-state index in [9.17, 15) is 4.79 Å². The third-order valence-electron chi connectivity index (χ3n) is 3.85. The Hall–Kier alpha value is -2.05. The zero-order valence-electron chi connectivity index (χ0n) is 14.6. The van der Waals surface area contributed by atoms with Crippen molar-refractivity contribution in [1.82, 2.24) is 0 Å². The number of amides is 1. The van der Waals surface area contributed by atoms with Crippen LogP contribution in [-0.4, -0.2) is 24.9 Å². The highest BCUT2D eigenvalue weighted by Crippen LogP contribution is 2.34. The first-order chi connectivity index (χ1) is 12.1.